The van der Waals surface area contributed by atoms with Crippen LogP contribution in [0.5, 0.6) is 0 Å². The standard InChI is InChI=1S/C21H14FN5O3/c22-16-9-14(8-15(10-16)11-23)4-3-13-5-6-17(24-12-13)19-25-20(30-26-19)18-2-1-7-27(18)21(28)29/h5-6,8-10,12,18H,1-2,7H2,(H,28,29). The summed E-state index contributed by atoms with van der Waals surface area (Å²) >= 11 is 0. The van der Waals surface area contributed by atoms with Gasteiger partial charge in [0.05, 0.1) is 11.6 Å². The first-order valence-corrected chi connectivity index (χ1v) is 9.06. The van der Waals surface area contributed by atoms with Crippen molar-refractivity contribution in [1.29, 1.82) is 5.26 Å². The Morgan fingerprint density at radius 1 is 1.23 bits per heavy atom. The van der Waals surface area contributed by atoms with E-state index in [1.54, 1.807) is 12.1 Å². The van der Waals surface area contributed by atoms with Crippen molar-refractivity contribution in [2.24, 2.45) is 0 Å². The highest BCUT2D eigenvalue weighted by Gasteiger charge is 2.34. The van der Waals surface area contributed by atoms with Gasteiger partial charge in [0.15, 0.2) is 0 Å². The zero-order valence-electron chi connectivity index (χ0n) is 15.5. The first-order chi connectivity index (χ1) is 14.5. The van der Waals surface area contributed by atoms with Crippen LogP contribution in [0.4, 0.5) is 9.18 Å². The van der Waals surface area contributed by atoms with Crippen LogP contribution in [0.3, 0.4) is 0 Å². The summed E-state index contributed by atoms with van der Waals surface area (Å²) in [5.74, 6) is 5.64. The van der Waals surface area contributed by atoms with Gasteiger partial charge in [-0.2, -0.15) is 10.2 Å². The van der Waals surface area contributed by atoms with Gasteiger partial charge in [0.1, 0.15) is 17.6 Å². The highest BCUT2D eigenvalue weighted by atomic mass is 19.1. The molecule has 8 nitrogen and oxygen atoms in total. The lowest BCUT2D eigenvalue weighted by molar-refractivity contribution is 0.131. The molecule has 1 unspecified atom stereocenters. The molecule has 2 aromatic heterocycles. The molecule has 1 amide bonds. The molecule has 1 aliphatic rings. The van der Waals surface area contributed by atoms with Crippen molar-refractivity contribution < 1.29 is 18.8 Å². The molecule has 1 N–H and O–H groups in total. The first-order valence-electron chi connectivity index (χ1n) is 9.06. The van der Waals surface area contributed by atoms with E-state index in [-0.39, 0.29) is 17.3 Å². The van der Waals surface area contributed by atoms with Gasteiger partial charge in [0.2, 0.25) is 11.7 Å². The maximum Gasteiger partial charge on any atom is 0.407 e. The molecule has 1 aliphatic heterocycles. The van der Waals surface area contributed by atoms with Crippen molar-refractivity contribution in [3.05, 3.63) is 64.9 Å². The van der Waals surface area contributed by atoms with E-state index in [9.17, 15) is 14.3 Å². The van der Waals surface area contributed by atoms with E-state index in [0.29, 0.717) is 29.8 Å². The molecule has 9 heteroatoms. The minimum atomic E-state index is -1.02. The number of hydrogen-bond acceptors (Lipinski definition) is 6. The molecule has 0 radical (unpaired) electrons. The fraction of sp³-hybridized carbons (Fsp3) is 0.190. The topological polar surface area (TPSA) is 116 Å². The molecule has 3 aromatic rings. The molecule has 0 saturated carbocycles. The van der Waals surface area contributed by atoms with Gasteiger partial charge in [-0.1, -0.05) is 17.0 Å². The number of nitriles is 1. The molecule has 4 rings (SSSR count). The molecule has 1 fully saturated rings. The summed E-state index contributed by atoms with van der Waals surface area (Å²) < 4.78 is 18.7. The van der Waals surface area contributed by atoms with Crippen LogP contribution in [0.15, 0.2) is 41.1 Å². The third-order valence-electron chi connectivity index (χ3n) is 4.60. The minimum Gasteiger partial charge on any atom is -0.465 e. The summed E-state index contributed by atoms with van der Waals surface area (Å²) in [6.07, 6.45) is 1.87. The lowest BCUT2D eigenvalue weighted by atomic mass is 10.1. The van der Waals surface area contributed by atoms with Gasteiger partial charge in [0, 0.05) is 23.9 Å². The monoisotopic (exact) mass is 403 g/mol. The maximum absolute atomic E-state index is 13.5. The Hall–Kier alpha value is -4.24. The summed E-state index contributed by atoms with van der Waals surface area (Å²) in [4.78, 5) is 21.1. The van der Waals surface area contributed by atoms with E-state index >= 15 is 0 Å². The molecule has 0 spiro atoms. The van der Waals surface area contributed by atoms with Crippen LogP contribution >= 0.6 is 0 Å². The predicted octanol–water partition coefficient (Wildman–Crippen LogP) is 3.36. The largest absolute Gasteiger partial charge is 0.465 e. The fourth-order valence-electron chi connectivity index (χ4n) is 3.20. The molecule has 1 aromatic carbocycles. The maximum atomic E-state index is 13.5. The SMILES string of the molecule is N#Cc1cc(F)cc(C#Cc2ccc(-c3noc(C4CCCN4C(=O)O)n3)nc2)c1. The third-order valence-corrected chi connectivity index (χ3v) is 4.60. The van der Waals surface area contributed by atoms with E-state index in [4.69, 9.17) is 9.78 Å². The molecular weight excluding hydrogens is 389 g/mol. The van der Waals surface area contributed by atoms with E-state index in [1.165, 1.54) is 23.2 Å². The van der Waals surface area contributed by atoms with Gasteiger partial charge in [-0.3, -0.25) is 9.88 Å². The number of likely N-dealkylation sites (tertiary alicyclic amines) is 1. The van der Waals surface area contributed by atoms with Crippen molar-refractivity contribution in [2.45, 2.75) is 18.9 Å². The van der Waals surface area contributed by atoms with Crippen molar-refractivity contribution in [1.82, 2.24) is 20.0 Å². The molecule has 3 heterocycles. The van der Waals surface area contributed by atoms with Crippen LogP contribution in [0.2, 0.25) is 0 Å². The Kier molecular flexibility index (Phi) is 5.10. The number of rotatable bonds is 2. The number of amides is 1. The first kappa shape index (κ1) is 19.1. The van der Waals surface area contributed by atoms with Gasteiger partial charge in [0.25, 0.3) is 0 Å². The summed E-state index contributed by atoms with van der Waals surface area (Å²) in [6.45, 7) is 0.435. The van der Waals surface area contributed by atoms with E-state index in [2.05, 4.69) is 27.0 Å². The van der Waals surface area contributed by atoms with Crippen molar-refractivity contribution in [3.8, 4) is 29.4 Å². The lowest BCUT2D eigenvalue weighted by Gasteiger charge is -2.17. The number of benzene rings is 1. The number of aromatic nitrogens is 3. The average molecular weight is 403 g/mol. The molecule has 0 aliphatic carbocycles. The van der Waals surface area contributed by atoms with E-state index < -0.39 is 18.0 Å². The number of nitrogens with zero attached hydrogens (tertiary/aromatic N) is 5. The summed E-state index contributed by atoms with van der Waals surface area (Å²) in [7, 11) is 0. The second kappa shape index (κ2) is 8.02. The van der Waals surface area contributed by atoms with Gasteiger partial charge in [-0.05, 0) is 43.2 Å². The van der Waals surface area contributed by atoms with E-state index in [1.807, 2.05) is 6.07 Å². The van der Waals surface area contributed by atoms with Crippen LogP contribution < -0.4 is 0 Å². The summed E-state index contributed by atoms with van der Waals surface area (Å²) in [5.41, 5.74) is 1.62. The molecule has 30 heavy (non-hydrogen) atoms. The van der Waals surface area contributed by atoms with Crippen LogP contribution in [0.25, 0.3) is 11.5 Å². The second-order valence-electron chi connectivity index (χ2n) is 6.61. The number of halogens is 1. The number of carbonyl (C=O) groups is 1. The predicted molar refractivity (Wildman–Crippen MR) is 101 cm³/mol. The molecule has 0 bridgehead atoms. The Morgan fingerprint density at radius 3 is 2.77 bits per heavy atom. The molecule has 1 saturated heterocycles. The van der Waals surface area contributed by atoms with Gasteiger partial charge >= 0.3 is 6.09 Å². The van der Waals surface area contributed by atoms with Gasteiger partial charge in [-0.25, -0.2) is 9.18 Å². The zero-order chi connectivity index (χ0) is 21.1. The quantitative estimate of drug-likeness (QED) is 0.652. The van der Waals surface area contributed by atoms with Gasteiger partial charge < -0.3 is 9.63 Å². The normalized spacial score (nSPS) is 15.3. The van der Waals surface area contributed by atoms with E-state index in [0.717, 1.165) is 12.5 Å². The highest BCUT2D eigenvalue weighted by Crippen LogP contribution is 2.31. The molecule has 148 valence electrons. The van der Waals surface area contributed by atoms with Crippen LogP contribution in [-0.2, 0) is 0 Å². The highest BCUT2D eigenvalue weighted by molar-refractivity contribution is 5.66. The van der Waals surface area contributed by atoms with Crippen LogP contribution in [-0.4, -0.2) is 37.8 Å². The fourth-order valence-corrected chi connectivity index (χ4v) is 3.20. The van der Waals surface area contributed by atoms with Crippen LogP contribution in [0, 0.1) is 29.0 Å². The average Bonchev–Trinajstić information content (AvgIpc) is 3.41. The van der Waals surface area contributed by atoms with Crippen molar-refractivity contribution >= 4 is 6.09 Å². The number of carboxylic acid groups (broad SMARTS) is 1. The zero-order valence-corrected chi connectivity index (χ0v) is 15.5. The number of pyridine rings is 1. The summed E-state index contributed by atoms with van der Waals surface area (Å²) in [6, 6.07) is 8.70. The van der Waals surface area contributed by atoms with Gasteiger partial charge in [-0.15, -0.1) is 0 Å². The Labute approximate surface area is 170 Å². The smallest absolute Gasteiger partial charge is 0.407 e. The lowest BCUT2D eigenvalue weighted by Crippen LogP contribution is -2.28. The van der Waals surface area contributed by atoms with Crippen LogP contribution in [0.1, 0.15) is 41.5 Å². The number of hydrogen-bond donors (Lipinski definition) is 1. The van der Waals surface area contributed by atoms with Crippen molar-refractivity contribution in [3.63, 3.8) is 0 Å². The molecular formula is C21H14FN5O3. The minimum absolute atomic E-state index is 0.199. The summed E-state index contributed by atoms with van der Waals surface area (Å²) in [5, 5.41) is 22.0. The second-order valence-corrected chi connectivity index (χ2v) is 6.61. The van der Waals surface area contributed by atoms with Crippen molar-refractivity contribution in [2.75, 3.05) is 6.54 Å². The Morgan fingerprint density at radius 2 is 2.03 bits per heavy atom. The Bertz CT molecular complexity index is 1200. The molecule has 1 atom stereocenters. The third kappa shape index (κ3) is 3.96. The Balaban J connectivity index is 1.52.